The first-order valence-corrected chi connectivity index (χ1v) is 9.59. The van der Waals surface area contributed by atoms with E-state index in [1.165, 1.54) is 18.3 Å². The van der Waals surface area contributed by atoms with E-state index < -0.39 is 29.6 Å². The van der Waals surface area contributed by atoms with Crippen molar-refractivity contribution in [2.24, 2.45) is 0 Å². The summed E-state index contributed by atoms with van der Waals surface area (Å²) in [4.78, 5) is 40.1. The summed E-state index contributed by atoms with van der Waals surface area (Å²) in [6.45, 7) is 7.31. The number of carbonyl (C=O) groups excluding carboxylic acids is 3. The fourth-order valence-corrected chi connectivity index (χ4v) is 2.76. The van der Waals surface area contributed by atoms with Gasteiger partial charge >= 0.3 is 12.0 Å². The highest BCUT2D eigenvalue weighted by molar-refractivity contribution is 7.13. The van der Waals surface area contributed by atoms with Crippen molar-refractivity contribution in [1.29, 1.82) is 0 Å². The highest BCUT2D eigenvalue weighted by Crippen LogP contribution is 2.17. The Morgan fingerprint density at radius 2 is 1.86 bits per heavy atom. The number of imide groups is 1. The highest BCUT2D eigenvalue weighted by Gasteiger charge is 2.23. The lowest BCUT2D eigenvalue weighted by Gasteiger charge is -2.21. The van der Waals surface area contributed by atoms with E-state index in [2.05, 4.69) is 20.9 Å². The van der Waals surface area contributed by atoms with Crippen LogP contribution in [-0.4, -0.2) is 34.5 Å². The maximum atomic E-state index is 12.2. The molecule has 1 aromatic carbocycles. The minimum atomic E-state index is -1.14. The molecular formula is C19H24N4O4S. The molecule has 3 amide bonds. The van der Waals surface area contributed by atoms with Crippen molar-refractivity contribution in [3.05, 3.63) is 47.0 Å². The minimum Gasteiger partial charge on any atom is -0.448 e. The van der Waals surface area contributed by atoms with Gasteiger partial charge in [0.25, 0.3) is 5.91 Å². The summed E-state index contributed by atoms with van der Waals surface area (Å²) in [6.07, 6.45) is -1.14. The second-order valence-electron chi connectivity index (χ2n) is 7.12. The fraction of sp³-hybridized carbons (Fsp3) is 0.368. The number of hydrogen-bond donors (Lipinski definition) is 3. The molecule has 1 heterocycles. The second kappa shape index (κ2) is 9.32. The van der Waals surface area contributed by atoms with Crippen molar-refractivity contribution in [3.63, 3.8) is 0 Å². The van der Waals surface area contributed by atoms with Gasteiger partial charge in [0.15, 0.2) is 16.9 Å². The van der Waals surface area contributed by atoms with Crippen LogP contribution in [0.3, 0.4) is 0 Å². The van der Waals surface area contributed by atoms with Crippen LogP contribution in [0.15, 0.2) is 35.7 Å². The molecule has 150 valence electrons. The summed E-state index contributed by atoms with van der Waals surface area (Å²) < 4.78 is 5.09. The summed E-state index contributed by atoms with van der Waals surface area (Å²) in [6, 6.07) is 9.12. The van der Waals surface area contributed by atoms with Crippen LogP contribution in [0.5, 0.6) is 0 Å². The van der Waals surface area contributed by atoms with Crippen LogP contribution in [0, 0.1) is 0 Å². The van der Waals surface area contributed by atoms with E-state index in [-0.39, 0.29) is 5.69 Å². The number of carbonyl (C=O) groups is 3. The van der Waals surface area contributed by atoms with Crippen LogP contribution in [0.25, 0.3) is 0 Å². The number of anilines is 1. The Morgan fingerprint density at radius 3 is 2.50 bits per heavy atom. The van der Waals surface area contributed by atoms with Crippen LogP contribution < -0.4 is 16.0 Å². The number of hydrogen-bond acceptors (Lipinski definition) is 7. The molecule has 0 bridgehead atoms. The van der Waals surface area contributed by atoms with E-state index in [1.54, 1.807) is 26.2 Å². The summed E-state index contributed by atoms with van der Waals surface area (Å²) in [5.41, 5.74) is 0.689. The maximum absolute atomic E-state index is 12.2. The van der Waals surface area contributed by atoms with Crippen molar-refractivity contribution in [2.75, 3.05) is 5.32 Å². The molecule has 28 heavy (non-hydrogen) atoms. The van der Waals surface area contributed by atoms with Gasteiger partial charge in [0.2, 0.25) is 0 Å². The summed E-state index contributed by atoms with van der Waals surface area (Å²) in [5, 5.41) is 9.97. The van der Waals surface area contributed by atoms with Crippen molar-refractivity contribution >= 4 is 34.4 Å². The van der Waals surface area contributed by atoms with E-state index in [0.717, 1.165) is 5.56 Å². The maximum Gasteiger partial charge on any atom is 0.358 e. The Kier molecular flexibility index (Phi) is 7.11. The van der Waals surface area contributed by atoms with Gasteiger partial charge in [-0.3, -0.25) is 10.1 Å². The molecule has 0 spiro atoms. The molecule has 0 aliphatic heterocycles. The first kappa shape index (κ1) is 21.4. The Balaban J connectivity index is 1.84. The van der Waals surface area contributed by atoms with Crippen LogP contribution in [0.1, 0.15) is 43.7 Å². The molecule has 3 N–H and O–H groups in total. The van der Waals surface area contributed by atoms with Crippen molar-refractivity contribution in [2.45, 2.75) is 45.9 Å². The second-order valence-corrected chi connectivity index (χ2v) is 7.98. The summed E-state index contributed by atoms with van der Waals surface area (Å²) in [5.74, 6) is -1.45. The first-order valence-electron chi connectivity index (χ1n) is 8.71. The molecule has 1 atom stereocenters. The molecule has 0 fully saturated rings. The Labute approximate surface area is 167 Å². The lowest BCUT2D eigenvalue weighted by Crippen LogP contribution is -2.50. The van der Waals surface area contributed by atoms with Crippen LogP contribution >= 0.6 is 11.3 Å². The van der Waals surface area contributed by atoms with E-state index in [0.29, 0.717) is 11.7 Å². The highest BCUT2D eigenvalue weighted by atomic mass is 32.1. The molecule has 0 radical (unpaired) electrons. The number of thiazole rings is 1. The van der Waals surface area contributed by atoms with Gasteiger partial charge in [-0.05, 0) is 33.3 Å². The zero-order valence-electron chi connectivity index (χ0n) is 16.2. The zero-order chi connectivity index (χ0) is 20.7. The molecule has 0 aliphatic carbocycles. The molecule has 2 aromatic rings. The molecule has 0 aliphatic rings. The van der Waals surface area contributed by atoms with Gasteiger partial charge in [-0.1, -0.05) is 30.3 Å². The van der Waals surface area contributed by atoms with Crippen molar-refractivity contribution in [1.82, 2.24) is 15.6 Å². The van der Waals surface area contributed by atoms with Crippen LogP contribution in [0.4, 0.5) is 9.93 Å². The third-order valence-electron chi connectivity index (χ3n) is 3.38. The summed E-state index contributed by atoms with van der Waals surface area (Å²) >= 11 is 1.26. The number of aromatic nitrogens is 1. The summed E-state index contributed by atoms with van der Waals surface area (Å²) in [7, 11) is 0. The molecule has 8 nitrogen and oxygen atoms in total. The predicted octanol–water partition coefficient (Wildman–Crippen LogP) is 2.92. The Morgan fingerprint density at radius 1 is 1.18 bits per heavy atom. The fourth-order valence-electron chi connectivity index (χ4n) is 2.08. The standard InChI is InChI=1S/C19H24N4O4S/c1-12(15(24)22-17(26)23-19(2,3)4)27-16(25)14-11-28-18(21-14)20-10-13-8-6-5-7-9-13/h5-9,11-12H,10H2,1-4H3,(H,20,21)(H2,22,23,24,26). The minimum absolute atomic E-state index is 0.0966. The zero-order valence-corrected chi connectivity index (χ0v) is 17.1. The average Bonchev–Trinajstić information content (AvgIpc) is 3.08. The number of urea groups is 1. The number of benzene rings is 1. The Bertz CT molecular complexity index is 830. The lowest BCUT2D eigenvalue weighted by atomic mass is 10.1. The SMILES string of the molecule is CC(OC(=O)c1csc(NCc2ccccc2)n1)C(=O)NC(=O)NC(C)(C)C. The monoisotopic (exact) mass is 404 g/mol. The molecule has 0 saturated carbocycles. The Hall–Kier alpha value is -2.94. The molecule has 1 unspecified atom stereocenters. The average molecular weight is 404 g/mol. The van der Waals surface area contributed by atoms with Gasteiger partial charge in [0.05, 0.1) is 0 Å². The van der Waals surface area contributed by atoms with Crippen molar-refractivity contribution in [3.8, 4) is 0 Å². The van der Waals surface area contributed by atoms with Crippen LogP contribution in [-0.2, 0) is 16.1 Å². The molecule has 1 aromatic heterocycles. The van der Waals surface area contributed by atoms with Gasteiger partial charge < -0.3 is 15.4 Å². The third kappa shape index (κ3) is 6.99. The number of ether oxygens (including phenoxy) is 1. The van der Waals surface area contributed by atoms with Crippen molar-refractivity contribution < 1.29 is 19.1 Å². The molecule has 2 rings (SSSR count). The largest absolute Gasteiger partial charge is 0.448 e. The quantitative estimate of drug-likeness (QED) is 0.639. The lowest BCUT2D eigenvalue weighted by molar-refractivity contribution is -0.127. The van der Waals surface area contributed by atoms with E-state index in [9.17, 15) is 14.4 Å². The van der Waals surface area contributed by atoms with Gasteiger partial charge in [0.1, 0.15) is 0 Å². The normalized spacial score (nSPS) is 12.0. The van der Waals surface area contributed by atoms with Crippen LogP contribution in [0.2, 0.25) is 0 Å². The molecular weight excluding hydrogens is 380 g/mol. The van der Waals surface area contributed by atoms with Gasteiger partial charge in [-0.2, -0.15) is 0 Å². The number of amides is 3. The van der Waals surface area contributed by atoms with E-state index in [1.807, 2.05) is 30.3 Å². The number of esters is 1. The third-order valence-corrected chi connectivity index (χ3v) is 4.18. The first-order chi connectivity index (χ1) is 13.1. The molecule has 0 saturated heterocycles. The van der Waals surface area contributed by atoms with Gasteiger partial charge in [-0.25, -0.2) is 14.6 Å². The smallest absolute Gasteiger partial charge is 0.358 e. The van der Waals surface area contributed by atoms with Gasteiger partial charge in [-0.15, -0.1) is 11.3 Å². The van der Waals surface area contributed by atoms with E-state index >= 15 is 0 Å². The number of rotatable bonds is 6. The predicted molar refractivity (Wildman–Crippen MR) is 107 cm³/mol. The topological polar surface area (TPSA) is 109 Å². The van der Waals surface area contributed by atoms with Gasteiger partial charge in [0, 0.05) is 17.5 Å². The number of nitrogens with one attached hydrogen (secondary N) is 3. The molecule has 9 heteroatoms. The number of nitrogens with zero attached hydrogens (tertiary/aromatic N) is 1. The van der Waals surface area contributed by atoms with E-state index in [4.69, 9.17) is 4.74 Å².